The van der Waals surface area contributed by atoms with Gasteiger partial charge in [0.05, 0.1) is 0 Å². The molecule has 0 spiro atoms. The first-order valence-electron chi connectivity index (χ1n) is 4.86. The van der Waals surface area contributed by atoms with Crippen LogP contribution in [-0.4, -0.2) is 15.2 Å². The van der Waals surface area contributed by atoms with Gasteiger partial charge in [0.25, 0.3) is 5.89 Å². The number of aliphatic hydroxyl groups excluding tert-OH is 1. The zero-order chi connectivity index (χ0) is 11.7. The van der Waals surface area contributed by atoms with E-state index in [9.17, 15) is 5.11 Å². The van der Waals surface area contributed by atoms with Gasteiger partial charge in [0, 0.05) is 10.0 Å². The van der Waals surface area contributed by atoms with Crippen molar-refractivity contribution in [1.82, 2.24) is 10.1 Å². The Kier molecular flexibility index (Phi) is 3.07. The van der Waals surface area contributed by atoms with Crippen LogP contribution in [0.15, 0.2) is 27.2 Å². The van der Waals surface area contributed by atoms with Gasteiger partial charge in [-0.1, -0.05) is 21.1 Å². The molecule has 0 radical (unpaired) electrons. The summed E-state index contributed by atoms with van der Waals surface area (Å²) < 4.78 is 5.95. The predicted octanol–water partition coefficient (Wildman–Crippen LogP) is 2.86. The van der Waals surface area contributed by atoms with Gasteiger partial charge in [-0.25, -0.2) is 0 Å². The Morgan fingerprint density at radius 2 is 2.19 bits per heavy atom. The monoisotopic (exact) mass is 282 g/mol. The molecule has 0 aliphatic carbocycles. The average Bonchev–Trinajstić information content (AvgIpc) is 2.66. The minimum absolute atomic E-state index is 0.234. The molecule has 0 saturated heterocycles. The number of hydrogen-bond acceptors (Lipinski definition) is 4. The van der Waals surface area contributed by atoms with Crippen LogP contribution in [0.3, 0.4) is 0 Å². The first kappa shape index (κ1) is 11.3. The standard InChI is InChI=1S/C11H11BrN2O2/c1-6-5-8(12)3-4-9(6)10-13-11(7(2)15)16-14-10/h3-5,7,15H,1-2H3/t7-/m0/s1. The summed E-state index contributed by atoms with van der Waals surface area (Å²) in [5.74, 6) is 0.734. The molecule has 0 unspecified atom stereocenters. The van der Waals surface area contributed by atoms with Crippen LogP contribution in [0.5, 0.6) is 0 Å². The highest BCUT2D eigenvalue weighted by Gasteiger charge is 2.13. The highest BCUT2D eigenvalue weighted by atomic mass is 79.9. The van der Waals surface area contributed by atoms with Gasteiger partial charge in [-0.3, -0.25) is 0 Å². The summed E-state index contributed by atoms with van der Waals surface area (Å²) >= 11 is 3.39. The number of aliphatic hydroxyl groups is 1. The third kappa shape index (κ3) is 2.15. The first-order valence-corrected chi connectivity index (χ1v) is 5.65. The summed E-state index contributed by atoms with van der Waals surface area (Å²) in [6.45, 7) is 3.56. The Hall–Kier alpha value is -1.20. The molecule has 0 aliphatic rings. The number of aromatic nitrogens is 2. The summed E-state index contributed by atoms with van der Waals surface area (Å²) in [4.78, 5) is 4.13. The largest absolute Gasteiger partial charge is 0.384 e. The number of aryl methyl sites for hydroxylation is 1. The maximum atomic E-state index is 9.29. The van der Waals surface area contributed by atoms with Crippen LogP contribution in [0, 0.1) is 6.92 Å². The number of rotatable bonds is 2. The molecule has 4 nitrogen and oxygen atoms in total. The second-order valence-corrected chi connectivity index (χ2v) is 4.51. The minimum Gasteiger partial charge on any atom is -0.384 e. The van der Waals surface area contributed by atoms with Crippen LogP contribution >= 0.6 is 15.9 Å². The summed E-state index contributed by atoms with van der Waals surface area (Å²) in [6.07, 6.45) is -0.739. The molecule has 5 heteroatoms. The quantitative estimate of drug-likeness (QED) is 0.920. The van der Waals surface area contributed by atoms with Crippen LogP contribution < -0.4 is 0 Å². The van der Waals surface area contributed by atoms with E-state index in [2.05, 4.69) is 26.1 Å². The van der Waals surface area contributed by atoms with Crippen molar-refractivity contribution in [2.24, 2.45) is 0 Å². The lowest BCUT2D eigenvalue weighted by atomic mass is 10.1. The molecule has 0 aliphatic heterocycles. The number of halogens is 1. The number of nitrogens with zero attached hydrogens (tertiary/aromatic N) is 2. The van der Waals surface area contributed by atoms with E-state index >= 15 is 0 Å². The van der Waals surface area contributed by atoms with Crippen molar-refractivity contribution in [3.63, 3.8) is 0 Å². The molecule has 1 aromatic carbocycles. The van der Waals surface area contributed by atoms with E-state index in [1.165, 1.54) is 0 Å². The van der Waals surface area contributed by atoms with Crippen LogP contribution in [-0.2, 0) is 0 Å². The third-order valence-corrected chi connectivity index (χ3v) is 2.72. The van der Waals surface area contributed by atoms with Crippen molar-refractivity contribution in [3.8, 4) is 11.4 Å². The van der Waals surface area contributed by atoms with Gasteiger partial charge >= 0.3 is 0 Å². The van der Waals surface area contributed by atoms with Gasteiger partial charge in [0.15, 0.2) is 0 Å². The summed E-state index contributed by atoms with van der Waals surface area (Å²) in [5, 5.41) is 13.1. The van der Waals surface area contributed by atoms with E-state index in [-0.39, 0.29) is 5.89 Å². The second kappa shape index (κ2) is 4.35. The SMILES string of the molecule is Cc1cc(Br)ccc1-c1noc([C@H](C)O)n1. The van der Waals surface area contributed by atoms with Crippen molar-refractivity contribution in [3.05, 3.63) is 34.1 Å². The number of benzene rings is 1. The van der Waals surface area contributed by atoms with Crippen LogP contribution in [0.4, 0.5) is 0 Å². The maximum Gasteiger partial charge on any atom is 0.255 e. The Balaban J connectivity index is 2.42. The average molecular weight is 283 g/mol. The lowest BCUT2D eigenvalue weighted by molar-refractivity contribution is 0.152. The Labute approximate surface area is 101 Å². The Morgan fingerprint density at radius 3 is 2.75 bits per heavy atom. The maximum absolute atomic E-state index is 9.29. The van der Waals surface area contributed by atoms with Crippen LogP contribution in [0.25, 0.3) is 11.4 Å². The fraction of sp³-hybridized carbons (Fsp3) is 0.273. The molecule has 1 heterocycles. The molecule has 0 saturated carbocycles. The lowest BCUT2D eigenvalue weighted by Gasteiger charge is -2.00. The second-order valence-electron chi connectivity index (χ2n) is 3.59. The molecular weight excluding hydrogens is 272 g/mol. The summed E-state index contributed by atoms with van der Waals surface area (Å²) in [5.41, 5.74) is 1.95. The lowest BCUT2D eigenvalue weighted by Crippen LogP contribution is -1.91. The van der Waals surface area contributed by atoms with Gasteiger partial charge in [-0.05, 0) is 37.6 Å². The highest BCUT2D eigenvalue weighted by molar-refractivity contribution is 9.10. The van der Waals surface area contributed by atoms with Crippen LogP contribution in [0.2, 0.25) is 0 Å². The molecule has 16 heavy (non-hydrogen) atoms. The first-order chi connectivity index (χ1) is 7.58. The zero-order valence-corrected chi connectivity index (χ0v) is 10.5. The van der Waals surface area contributed by atoms with Crippen molar-refractivity contribution < 1.29 is 9.63 Å². The van der Waals surface area contributed by atoms with E-state index in [4.69, 9.17) is 4.52 Å². The van der Waals surface area contributed by atoms with E-state index < -0.39 is 6.10 Å². The predicted molar refractivity (Wildman–Crippen MR) is 62.8 cm³/mol. The van der Waals surface area contributed by atoms with Gasteiger partial charge in [-0.2, -0.15) is 4.98 Å². The molecule has 2 aromatic rings. The molecule has 84 valence electrons. The number of hydrogen-bond donors (Lipinski definition) is 1. The molecule has 0 bridgehead atoms. The fourth-order valence-corrected chi connectivity index (χ4v) is 1.87. The molecule has 0 amide bonds. The molecular formula is C11H11BrN2O2. The van der Waals surface area contributed by atoms with Gasteiger partial charge in [0.2, 0.25) is 5.82 Å². The molecule has 1 N–H and O–H groups in total. The molecule has 1 atom stereocenters. The normalized spacial score (nSPS) is 12.8. The van der Waals surface area contributed by atoms with E-state index in [1.807, 2.05) is 25.1 Å². The Morgan fingerprint density at radius 1 is 1.44 bits per heavy atom. The zero-order valence-electron chi connectivity index (χ0n) is 8.94. The van der Waals surface area contributed by atoms with Crippen LogP contribution in [0.1, 0.15) is 24.5 Å². The van der Waals surface area contributed by atoms with Gasteiger partial charge in [0.1, 0.15) is 6.10 Å². The third-order valence-electron chi connectivity index (χ3n) is 2.23. The highest BCUT2D eigenvalue weighted by Crippen LogP contribution is 2.24. The van der Waals surface area contributed by atoms with E-state index in [0.29, 0.717) is 5.82 Å². The van der Waals surface area contributed by atoms with Gasteiger partial charge < -0.3 is 9.63 Å². The molecule has 1 aromatic heterocycles. The van der Waals surface area contributed by atoms with E-state index in [0.717, 1.165) is 15.6 Å². The smallest absolute Gasteiger partial charge is 0.255 e. The summed E-state index contributed by atoms with van der Waals surface area (Å²) in [6, 6.07) is 5.81. The summed E-state index contributed by atoms with van der Waals surface area (Å²) in [7, 11) is 0. The van der Waals surface area contributed by atoms with Crippen molar-refractivity contribution in [1.29, 1.82) is 0 Å². The van der Waals surface area contributed by atoms with E-state index in [1.54, 1.807) is 6.92 Å². The topological polar surface area (TPSA) is 59.2 Å². The molecule has 0 fully saturated rings. The van der Waals surface area contributed by atoms with Crippen molar-refractivity contribution in [2.45, 2.75) is 20.0 Å². The molecule has 2 rings (SSSR count). The Bertz CT molecular complexity index is 508. The minimum atomic E-state index is -0.739. The van der Waals surface area contributed by atoms with Gasteiger partial charge in [-0.15, -0.1) is 0 Å². The van der Waals surface area contributed by atoms with Crippen molar-refractivity contribution in [2.75, 3.05) is 0 Å². The fourth-order valence-electron chi connectivity index (χ4n) is 1.39. The van der Waals surface area contributed by atoms with Crippen molar-refractivity contribution >= 4 is 15.9 Å².